The molecule has 1 amide bonds. The number of nitrogens with two attached hydrogens (primary N) is 1. The zero-order valence-electron chi connectivity index (χ0n) is 18.8. The van der Waals surface area contributed by atoms with Gasteiger partial charge in [0.1, 0.15) is 5.84 Å². The third kappa shape index (κ3) is 5.82. The van der Waals surface area contributed by atoms with Gasteiger partial charge in [0, 0.05) is 24.2 Å². The van der Waals surface area contributed by atoms with Crippen molar-refractivity contribution in [2.75, 3.05) is 16.2 Å². The Labute approximate surface area is 200 Å². The molecule has 7 nitrogen and oxygen atoms in total. The van der Waals surface area contributed by atoms with Gasteiger partial charge in [0.25, 0.3) is 0 Å². The Bertz CT molecular complexity index is 1290. The van der Waals surface area contributed by atoms with Gasteiger partial charge in [-0.2, -0.15) is 0 Å². The third-order valence-corrected chi connectivity index (χ3v) is 7.13. The van der Waals surface area contributed by atoms with Crippen molar-refractivity contribution in [2.24, 2.45) is 5.73 Å². The Morgan fingerprint density at radius 1 is 1.00 bits per heavy atom. The second kappa shape index (κ2) is 10.1. The van der Waals surface area contributed by atoms with Crippen LogP contribution in [0.2, 0.25) is 0 Å². The van der Waals surface area contributed by atoms with E-state index in [1.807, 2.05) is 36.4 Å². The molecule has 0 aromatic heterocycles. The fourth-order valence-corrected chi connectivity index (χ4v) is 5.33. The van der Waals surface area contributed by atoms with Gasteiger partial charge in [-0.15, -0.1) is 0 Å². The minimum absolute atomic E-state index is 0.000821. The van der Waals surface area contributed by atoms with Crippen LogP contribution in [0.3, 0.4) is 0 Å². The van der Waals surface area contributed by atoms with Gasteiger partial charge in [0.15, 0.2) is 0 Å². The maximum absolute atomic E-state index is 13.1. The molecule has 3 aromatic rings. The quantitative estimate of drug-likeness (QED) is 0.338. The van der Waals surface area contributed by atoms with Crippen molar-refractivity contribution in [3.8, 4) is 0 Å². The number of carbonyl (C=O) groups is 1. The van der Waals surface area contributed by atoms with Crippen molar-refractivity contribution in [1.82, 2.24) is 0 Å². The molecule has 8 heteroatoms. The predicted molar refractivity (Wildman–Crippen MR) is 136 cm³/mol. The maximum Gasteiger partial charge on any atom is 0.236 e. The lowest BCUT2D eigenvalue weighted by atomic mass is 10.00. The SMILES string of the molecule is N=C(N)c1ccc(CCC(=O)N2CCCc3ccc(NS(=O)(=O)Cc4ccccc4)cc32)cc1. The molecule has 4 rings (SSSR count). The summed E-state index contributed by atoms with van der Waals surface area (Å²) >= 11 is 0. The van der Waals surface area contributed by atoms with Gasteiger partial charge in [0.2, 0.25) is 15.9 Å². The lowest BCUT2D eigenvalue weighted by Gasteiger charge is -2.30. The monoisotopic (exact) mass is 476 g/mol. The Balaban J connectivity index is 1.45. The standard InChI is InChI=1S/C26H28N4O3S/c27-26(28)22-11-8-19(9-12-22)10-15-25(31)30-16-4-7-21-13-14-23(17-24(21)30)29-34(32,33)18-20-5-2-1-3-6-20/h1-3,5-6,8-9,11-14,17,29H,4,7,10,15-16,18H2,(H3,27,28). The molecule has 1 heterocycles. The van der Waals surface area contributed by atoms with Gasteiger partial charge in [0.05, 0.1) is 11.4 Å². The van der Waals surface area contributed by atoms with Gasteiger partial charge >= 0.3 is 0 Å². The van der Waals surface area contributed by atoms with Crippen molar-refractivity contribution < 1.29 is 13.2 Å². The second-order valence-electron chi connectivity index (χ2n) is 8.45. The molecule has 3 aromatic carbocycles. The molecule has 0 spiro atoms. The maximum atomic E-state index is 13.1. The Morgan fingerprint density at radius 2 is 1.74 bits per heavy atom. The van der Waals surface area contributed by atoms with E-state index in [-0.39, 0.29) is 17.5 Å². The highest BCUT2D eigenvalue weighted by Crippen LogP contribution is 2.31. The van der Waals surface area contributed by atoms with Crippen LogP contribution in [-0.2, 0) is 33.4 Å². The topological polar surface area (TPSA) is 116 Å². The van der Waals surface area contributed by atoms with Crippen LogP contribution in [0.1, 0.15) is 35.1 Å². The van der Waals surface area contributed by atoms with Crippen LogP contribution in [0.15, 0.2) is 72.8 Å². The molecule has 0 saturated heterocycles. The van der Waals surface area contributed by atoms with Crippen LogP contribution >= 0.6 is 0 Å². The van der Waals surface area contributed by atoms with E-state index in [2.05, 4.69) is 4.72 Å². The molecule has 0 bridgehead atoms. The highest BCUT2D eigenvalue weighted by atomic mass is 32.2. The Hall–Kier alpha value is -3.65. The number of nitrogen functional groups attached to an aromatic ring is 1. The fourth-order valence-electron chi connectivity index (χ4n) is 4.14. The van der Waals surface area contributed by atoms with Gasteiger partial charge < -0.3 is 10.6 Å². The number of fused-ring (bicyclic) bond motifs is 1. The number of amides is 1. The smallest absolute Gasteiger partial charge is 0.236 e. The molecule has 176 valence electrons. The molecular weight excluding hydrogens is 448 g/mol. The number of anilines is 2. The minimum atomic E-state index is -3.59. The largest absolute Gasteiger partial charge is 0.384 e. The number of hydrogen-bond donors (Lipinski definition) is 3. The van der Waals surface area contributed by atoms with Crippen molar-refractivity contribution >= 4 is 33.1 Å². The highest BCUT2D eigenvalue weighted by molar-refractivity contribution is 7.91. The first-order valence-electron chi connectivity index (χ1n) is 11.2. The van der Waals surface area contributed by atoms with E-state index in [1.165, 1.54) is 0 Å². The highest BCUT2D eigenvalue weighted by Gasteiger charge is 2.23. The summed E-state index contributed by atoms with van der Waals surface area (Å²) in [6.07, 6.45) is 2.63. The average Bonchev–Trinajstić information content (AvgIpc) is 2.82. The van der Waals surface area contributed by atoms with E-state index in [0.717, 1.165) is 29.7 Å². The lowest BCUT2D eigenvalue weighted by Crippen LogP contribution is -2.35. The summed E-state index contributed by atoms with van der Waals surface area (Å²) in [6.45, 7) is 0.606. The first-order chi connectivity index (χ1) is 16.3. The number of aryl methyl sites for hydroxylation is 2. The molecule has 0 unspecified atom stereocenters. The zero-order valence-corrected chi connectivity index (χ0v) is 19.6. The van der Waals surface area contributed by atoms with Crippen molar-refractivity contribution in [1.29, 1.82) is 5.41 Å². The molecule has 0 fully saturated rings. The molecule has 1 aliphatic rings. The Kier molecular flexibility index (Phi) is 6.98. The zero-order chi connectivity index (χ0) is 24.1. The summed E-state index contributed by atoms with van der Waals surface area (Å²) < 4.78 is 28.0. The van der Waals surface area contributed by atoms with Crippen molar-refractivity contribution in [3.63, 3.8) is 0 Å². The predicted octanol–water partition coefficient (Wildman–Crippen LogP) is 3.82. The van der Waals surface area contributed by atoms with Gasteiger partial charge in [-0.25, -0.2) is 8.42 Å². The van der Waals surface area contributed by atoms with Crippen molar-refractivity contribution in [2.45, 2.75) is 31.4 Å². The number of nitrogens with zero attached hydrogens (tertiary/aromatic N) is 1. The number of sulfonamides is 1. The first kappa shape index (κ1) is 23.5. The second-order valence-corrected chi connectivity index (χ2v) is 10.2. The summed E-state index contributed by atoms with van der Waals surface area (Å²) in [6, 6.07) is 21.8. The minimum Gasteiger partial charge on any atom is -0.384 e. The van der Waals surface area contributed by atoms with E-state index in [4.69, 9.17) is 11.1 Å². The van der Waals surface area contributed by atoms with E-state index in [0.29, 0.717) is 36.2 Å². The molecule has 34 heavy (non-hydrogen) atoms. The molecule has 0 aliphatic carbocycles. The van der Waals surface area contributed by atoms with Crippen LogP contribution in [0.25, 0.3) is 0 Å². The van der Waals surface area contributed by atoms with Gasteiger partial charge in [-0.3, -0.25) is 14.9 Å². The van der Waals surface area contributed by atoms with E-state index >= 15 is 0 Å². The fraction of sp³-hybridized carbons (Fsp3) is 0.231. The number of carbonyl (C=O) groups excluding carboxylic acids is 1. The summed E-state index contributed by atoms with van der Waals surface area (Å²) in [7, 11) is -3.59. The lowest BCUT2D eigenvalue weighted by molar-refractivity contribution is -0.118. The number of nitrogens with one attached hydrogen (secondary N) is 2. The molecule has 4 N–H and O–H groups in total. The number of hydrogen-bond acceptors (Lipinski definition) is 4. The molecule has 1 aliphatic heterocycles. The van der Waals surface area contributed by atoms with Crippen LogP contribution in [0.4, 0.5) is 11.4 Å². The normalized spacial score (nSPS) is 13.2. The van der Waals surface area contributed by atoms with Crippen LogP contribution in [0.5, 0.6) is 0 Å². The Morgan fingerprint density at radius 3 is 2.44 bits per heavy atom. The van der Waals surface area contributed by atoms with Crippen LogP contribution in [-0.4, -0.2) is 26.7 Å². The molecule has 0 saturated carbocycles. The molecule has 0 atom stereocenters. The van der Waals surface area contributed by atoms with Gasteiger partial charge in [-0.1, -0.05) is 60.7 Å². The number of amidine groups is 1. The van der Waals surface area contributed by atoms with Crippen LogP contribution in [0, 0.1) is 5.41 Å². The third-order valence-electron chi connectivity index (χ3n) is 5.87. The van der Waals surface area contributed by atoms with E-state index in [1.54, 1.807) is 41.3 Å². The number of rotatable bonds is 8. The van der Waals surface area contributed by atoms with E-state index in [9.17, 15) is 13.2 Å². The summed E-state index contributed by atoms with van der Waals surface area (Å²) in [5, 5.41) is 7.48. The van der Waals surface area contributed by atoms with Gasteiger partial charge in [-0.05, 0) is 48.1 Å². The molecular formula is C26H28N4O3S. The van der Waals surface area contributed by atoms with Crippen LogP contribution < -0.4 is 15.4 Å². The summed E-state index contributed by atoms with van der Waals surface area (Å²) in [5.41, 5.74) is 10.1. The first-order valence-corrected chi connectivity index (χ1v) is 12.9. The van der Waals surface area contributed by atoms with Crippen molar-refractivity contribution in [3.05, 3.63) is 95.1 Å². The summed E-state index contributed by atoms with van der Waals surface area (Å²) in [5.74, 6) is -0.0978. The van der Waals surface area contributed by atoms with E-state index < -0.39 is 10.0 Å². The summed E-state index contributed by atoms with van der Waals surface area (Å²) in [4.78, 5) is 14.8. The average molecular weight is 477 g/mol. The molecule has 0 radical (unpaired) electrons. The number of benzene rings is 3.